The van der Waals surface area contributed by atoms with E-state index in [1.807, 2.05) is 0 Å². The zero-order valence-corrected chi connectivity index (χ0v) is 16.8. The van der Waals surface area contributed by atoms with E-state index in [0.29, 0.717) is 17.0 Å². The number of phenolic OH excluding ortho intramolecular Hbond substituents is 1. The second kappa shape index (κ2) is 7.81. The number of aliphatic hydroxyl groups excluding tert-OH is 1. The minimum atomic E-state index is -0.894. The molecule has 2 aromatic rings. The van der Waals surface area contributed by atoms with E-state index in [0.717, 1.165) is 6.42 Å². The van der Waals surface area contributed by atoms with Gasteiger partial charge >= 0.3 is 0 Å². The second-order valence-corrected chi connectivity index (χ2v) is 8.20. The average molecular weight is 384 g/mol. The number of carbonyl (C=O) groups is 1. The highest BCUT2D eigenvalue weighted by Gasteiger charge is 2.26. The van der Waals surface area contributed by atoms with E-state index < -0.39 is 6.10 Å². The Kier molecular flexibility index (Phi) is 5.63. The second-order valence-electron chi connectivity index (χ2n) is 8.20. The number of fused-ring (bicyclic) bond motifs is 1. The smallest absolute Gasteiger partial charge is 0.262 e. The van der Waals surface area contributed by atoms with Crippen LogP contribution in [-0.2, 0) is 11.2 Å². The summed E-state index contributed by atoms with van der Waals surface area (Å²) >= 11 is 0. The number of aliphatic hydroxyl groups is 1. The fourth-order valence-corrected chi connectivity index (χ4v) is 3.69. The van der Waals surface area contributed by atoms with Gasteiger partial charge in [0.2, 0.25) is 0 Å². The Balaban J connectivity index is 1.71. The zero-order chi connectivity index (χ0) is 20.5. The summed E-state index contributed by atoms with van der Waals surface area (Å²) in [5.74, 6) is 0.0816. The Labute approximate surface area is 165 Å². The number of nitrogens with one attached hydrogen (secondary N) is 2. The van der Waals surface area contributed by atoms with Gasteiger partial charge in [0.1, 0.15) is 11.5 Å². The van der Waals surface area contributed by atoms with Crippen molar-refractivity contribution in [2.24, 2.45) is 0 Å². The molecular weight excluding hydrogens is 356 g/mol. The molecule has 1 heterocycles. The summed E-state index contributed by atoms with van der Waals surface area (Å²) in [4.78, 5) is 11.5. The van der Waals surface area contributed by atoms with Crippen molar-refractivity contribution < 1.29 is 19.7 Å². The number of aromatic hydroxyl groups is 1. The van der Waals surface area contributed by atoms with Crippen LogP contribution in [0.4, 0.5) is 5.69 Å². The van der Waals surface area contributed by atoms with Gasteiger partial charge < -0.3 is 25.6 Å². The lowest BCUT2D eigenvalue weighted by molar-refractivity contribution is -0.118. The van der Waals surface area contributed by atoms with Crippen molar-refractivity contribution in [2.75, 3.05) is 18.5 Å². The van der Waals surface area contributed by atoms with Crippen molar-refractivity contribution in [2.45, 2.75) is 45.8 Å². The lowest BCUT2D eigenvalue weighted by Gasteiger charge is -2.29. The van der Waals surface area contributed by atoms with Crippen molar-refractivity contribution >= 4 is 11.6 Å². The van der Waals surface area contributed by atoms with E-state index in [1.165, 1.54) is 28.8 Å². The first-order valence-electron chi connectivity index (χ1n) is 9.43. The van der Waals surface area contributed by atoms with Crippen molar-refractivity contribution in [3.05, 3.63) is 52.6 Å². The van der Waals surface area contributed by atoms with Gasteiger partial charge in [-0.05, 0) is 45.7 Å². The summed E-state index contributed by atoms with van der Waals surface area (Å²) in [6.07, 6.45) is -0.0817. The highest BCUT2D eigenvalue weighted by molar-refractivity contribution is 5.96. The SMILES string of the molecule is Cc1cc(C)cc(CC(C)(C)NC[C@H](O)c2cc(O)cc3c2OCC(=O)N3)c1. The normalized spacial score (nSPS) is 14.8. The van der Waals surface area contributed by atoms with Crippen LogP contribution in [0, 0.1) is 13.8 Å². The fourth-order valence-electron chi connectivity index (χ4n) is 3.69. The molecule has 1 aliphatic heterocycles. The number of hydrogen-bond donors (Lipinski definition) is 4. The number of carbonyl (C=O) groups excluding carboxylic acids is 1. The summed E-state index contributed by atoms with van der Waals surface area (Å²) in [6.45, 7) is 8.53. The van der Waals surface area contributed by atoms with Crippen LogP contribution in [-0.4, -0.2) is 34.8 Å². The van der Waals surface area contributed by atoms with Crippen LogP contribution in [0.5, 0.6) is 11.5 Å². The Hall–Kier alpha value is -2.57. The van der Waals surface area contributed by atoms with E-state index in [4.69, 9.17) is 4.74 Å². The van der Waals surface area contributed by atoms with Crippen molar-refractivity contribution in [1.29, 1.82) is 0 Å². The van der Waals surface area contributed by atoms with E-state index in [-0.39, 0.29) is 30.3 Å². The van der Waals surface area contributed by atoms with Crippen molar-refractivity contribution in [3.8, 4) is 11.5 Å². The number of phenols is 1. The molecule has 6 heteroatoms. The number of β-amino-alcohol motifs (C(OH)–C–C–N with tert-alkyl or cyclic N) is 1. The van der Waals surface area contributed by atoms with Crippen LogP contribution in [0.2, 0.25) is 0 Å². The number of anilines is 1. The molecule has 6 nitrogen and oxygen atoms in total. The molecule has 0 saturated heterocycles. The topological polar surface area (TPSA) is 90.8 Å². The molecular formula is C22H28N2O4. The van der Waals surface area contributed by atoms with Gasteiger partial charge in [0.25, 0.3) is 5.91 Å². The summed E-state index contributed by atoms with van der Waals surface area (Å²) in [6, 6.07) is 9.39. The Morgan fingerprint density at radius 3 is 2.54 bits per heavy atom. The molecule has 3 rings (SSSR count). The third-order valence-corrected chi connectivity index (χ3v) is 4.78. The molecule has 0 radical (unpaired) electrons. The van der Waals surface area contributed by atoms with E-state index in [1.54, 1.807) is 0 Å². The van der Waals surface area contributed by atoms with Gasteiger partial charge in [0.15, 0.2) is 6.61 Å². The van der Waals surface area contributed by atoms with E-state index >= 15 is 0 Å². The Morgan fingerprint density at radius 2 is 1.86 bits per heavy atom. The first kappa shape index (κ1) is 20.2. The van der Waals surface area contributed by atoms with Gasteiger partial charge in [-0.1, -0.05) is 29.3 Å². The average Bonchev–Trinajstić information content (AvgIpc) is 2.57. The molecule has 0 fully saturated rings. The maximum atomic E-state index is 11.5. The summed E-state index contributed by atoms with van der Waals surface area (Å²) in [5.41, 5.74) is 4.29. The minimum absolute atomic E-state index is 0.0342. The molecule has 4 N–H and O–H groups in total. The lowest BCUT2D eigenvalue weighted by Crippen LogP contribution is -2.43. The van der Waals surface area contributed by atoms with E-state index in [9.17, 15) is 15.0 Å². The predicted molar refractivity (Wildman–Crippen MR) is 109 cm³/mol. The van der Waals surface area contributed by atoms with Crippen LogP contribution in [0.15, 0.2) is 30.3 Å². The molecule has 2 aromatic carbocycles. The molecule has 0 spiro atoms. The van der Waals surface area contributed by atoms with Gasteiger partial charge in [-0.3, -0.25) is 4.79 Å². The summed E-state index contributed by atoms with van der Waals surface area (Å²) in [7, 11) is 0. The number of rotatable bonds is 6. The van der Waals surface area contributed by atoms with Gasteiger partial charge in [-0.2, -0.15) is 0 Å². The van der Waals surface area contributed by atoms with Crippen LogP contribution in [0.1, 0.15) is 42.2 Å². The Morgan fingerprint density at radius 1 is 1.18 bits per heavy atom. The summed E-state index contributed by atoms with van der Waals surface area (Å²) < 4.78 is 5.49. The highest BCUT2D eigenvalue weighted by Crippen LogP contribution is 2.38. The molecule has 0 aliphatic carbocycles. The zero-order valence-electron chi connectivity index (χ0n) is 16.8. The molecule has 1 atom stereocenters. The molecule has 0 unspecified atom stereocenters. The van der Waals surface area contributed by atoms with E-state index in [2.05, 4.69) is 56.5 Å². The standard InChI is InChI=1S/C22H28N2O4/c1-13-5-14(2)7-15(6-13)10-22(3,4)23-11-19(26)17-8-16(25)9-18-21(17)28-12-20(27)24-18/h5-9,19,23,25-26H,10-12H2,1-4H3,(H,24,27)/t19-/m0/s1. The molecule has 0 saturated carbocycles. The largest absolute Gasteiger partial charge is 0.508 e. The minimum Gasteiger partial charge on any atom is -0.508 e. The van der Waals surface area contributed by atoms with Crippen molar-refractivity contribution in [3.63, 3.8) is 0 Å². The first-order chi connectivity index (χ1) is 13.1. The molecule has 1 amide bonds. The van der Waals surface area contributed by atoms with Gasteiger partial charge in [0.05, 0.1) is 11.8 Å². The molecule has 28 heavy (non-hydrogen) atoms. The number of benzene rings is 2. The molecule has 1 aliphatic rings. The molecule has 0 aromatic heterocycles. The first-order valence-corrected chi connectivity index (χ1v) is 9.43. The van der Waals surface area contributed by atoms with Crippen molar-refractivity contribution in [1.82, 2.24) is 5.32 Å². The van der Waals surface area contributed by atoms with Gasteiger partial charge in [-0.25, -0.2) is 0 Å². The Bertz CT molecular complexity index is 872. The summed E-state index contributed by atoms with van der Waals surface area (Å²) in [5, 5.41) is 26.7. The molecule has 0 bridgehead atoms. The quantitative estimate of drug-likeness (QED) is 0.615. The molecule has 150 valence electrons. The predicted octanol–water partition coefficient (Wildman–Crippen LogP) is 2.98. The van der Waals surface area contributed by atoms with Crippen LogP contribution >= 0.6 is 0 Å². The highest BCUT2D eigenvalue weighted by atomic mass is 16.5. The lowest BCUT2D eigenvalue weighted by atomic mass is 9.92. The van der Waals surface area contributed by atoms with Gasteiger partial charge in [0, 0.05) is 23.7 Å². The third-order valence-electron chi connectivity index (χ3n) is 4.78. The van der Waals surface area contributed by atoms with Crippen LogP contribution < -0.4 is 15.4 Å². The third kappa shape index (κ3) is 4.82. The fraction of sp³-hybridized carbons (Fsp3) is 0.409. The maximum Gasteiger partial charge on any atom is 0.262 e. The number of aryl methyl sites for hydroxylation is 2. The maximum absolute atomic E-state index is 11.5. The number of ether oxygens (including phenoxy) is 1. The number of hydrogen-bond acceptors (Lipinski definition) is 5. The monoisotopic (exact) mass is 384 g/mol. The van der Waals surface area contributed by atoms with Gasteiger partial charge in [-0.15, -0.1) is 0 Å². The van der Waals surface area contributed by atoms with Crippen LogP contribution in [0.25, 0.3) is 0 Å². The van der Waals surface area contributed by atoms with Crippen LogP contribution in [0.3, 0.4) is 0 Å². The number of amides is 1.